The van der Waals surface area contributed by atoms with Crippen LogP contribution >= 0.6 is 27.5 Å². The fourth-order valence-corrected chi connectivity index (χ4v) is 2.01. The van der Waals surface area contributed by atoms with Gasteiger partial charge in [0.15, 0.2) is 0 Å². The normalized spacial score (nSPS) is 10.8. The van der Waals surface area contributed by atoms with E-state index >= 15 is 0 Å². The van der Waals surface area contributed by atoms with Gasteiger partial charge in [-0.15, -0.1) is 0 Å². The first kappa shape index (κ1) is 15.3. The number of nitrogens with one attached hydrogen (secondary N) is 1. The van der Waals surface area contributed by atoms with Crippen LogP contribution in [0.15, 0.2) is 40.9 Å². The molecule has 1 heterocycles. The molecule has 1 N–H and O–H groups in total. The van der Waals surface area contributed by atoms with Crippen LogP contribution in [0.5, 0.6) is 11.6 Å². The van der Waals surface area contributed by atoms with E-state index in [0.717, 1.165) is 15.9 Å². The molecule has 0 unspecified atom stereocenters. The van der Waals surface area contributed by atoms with Crippen LogP contribution < -0.4 is 10.1 Å². The van der Waals surface area contributed by atoms with Crippen LogP contribution in [0.4, 0.5) is 0 Å². The standard InChI is InChI=1S/C15H16BrClN2O/c1-10(2)18-9-14-13(17)7-8-15(19-14)20-12-5-3-11(16)4-6-12/h3-8,10,18H,9H2,1-2H3. The maximum atomic E-state index is 6.14. The van der Waals surface area contributed by atoms with E-state index in [1.807, 2.05) is 24.3 Å². The van der Waals surface area contributed by atoms with Crippen molar-refractivity contribution in [1.29, 1.82) is 0 Å². The average Bonchev–Trinajstić information content (AvgIpc) is 2.42. The highest BCUT2D eigenvalue weighted by atomic mass is 79.9. The number of aromatic nitrogens is 1. The molecule has 0 aliphatic rings. The Morgan fingerprint density at radius 3 is 2.55 bits per heavy atom. The molecule has 0 amide bonds. The lowest BCUT2D eigenvalue weighted by molar-refractivity contribution is 0.458. The molecule has 2 rings (SSSR count). The lowest BCUT2D eigenvalue weighted by Gasteiger charge is -2.11. The zero-order valence-corrected chi connectivity index (χ0v) is 13.7. The average molecular weight is 356 g/mol. The van der Waals surface area contributed by atoms with Crippen LogP contribution in [0.1, 0.15) is 19.5 Å². The lowest BCUT2D eigenvalue weighted by Crippen LogP contribution is -2.22. The molecule has 0 radical (unpaired) electrons. The van der Waals surface area contributed by atoms with E-state index < -0.39 is 0 Å². The third-order valence-corrected chi connectivity index (χ3v) is 3.48. The minimum Gasteiger partial charge on any atom is -0.439 e. The van der Waals surface area contributed by atoms with Crippen LogP contribution in [-0.4, -0.2) is 11.0 Å². The van der Waals surface area contributed by atoms with E-state index in [-0.39, 0.29) is 0 Å². The van der Waals surface area contributed by atoms with Crippen molar-refractivity contribution in [3.05, 3.63) is 51.6 Å². The Balaban J connectivity index is 2.12. The van der Waals surface area contributed by atoms with Crippen molar-refractivity contribution in [2.45, 2.75) is 26.4 Å². The second kappa shape index (κ2) is 7.07. The van der Waals surface area contributed by atoms with E-state index in [1.54, 1.807) is 12.1 Å². The second-order valence-corrected chi connectivity index (χ2v) is 5.99. The number of benzene rings is 1. The van der Waals surface area contributed by atoms with Crippen molar-refractivity contribution >= 4 is 27.5 Å². The van der Waals surface area contributed by atoms with Crippen LogP contribution in [0.2, 0.25) is 5.02 Å². The topological polar surface area (TPSA) is 34.2 Å². The van der Waals surface area contributed by atoms with E-state index in [1.165, 1.54) is 0 Å². The van der Waals surface area contributed by atoms with Gasteiger partial charge in [0.25, 0.3) is 0 Å². The van der Waals surface area contributed by atoms with Crippen molar-refractivity contribution in [2.24, 2.45) is 0 Å². The Morgan fingerprint density at radius 2 is 1.90 bits per heavy atom. The zero-order chi connectivity index (χ0) is 14.5. The predicted molar refractivity (Wildman–Crippen MR) is 85.4 cm³/mol. The van der Waals surface area contributed by atoms with Crippen molar-refractivity contribution in [3.63, 3.8) is 0 Å². The highest BCUT2D eigenvalue weighted by Crippen LogP contribution is 2.24. The monoisotopic (exact) mass is 354 g/mol. The molecule has 106 valence electrons. The van der Waals surface area contributed by atoms with Crippen LogP contribution in [0.25, 0.3) is 0 Å². The number of halogens is 2. The summed E-state index contributed by atoms with van der Waals surface area (Å²) < 4.78 is 6.73. The van der Waals surface area contributed by atoms with Gasteiger partial charge in [0.05, 0.1) is 10.7 Å². The Hall–Kier alpha value is -1.10. The van der Waals surface area contributed by atoms with Gasteiger partial charge in [-0.3, -0.25) is 0 Å². The molecule has 0 aliphatic heterocycles. The molecule has 0 atom stereocenters. The van der Waals surface area contributed by atoms with Gasteiger partial charge in [-0.2, -0.15) is 0 Å². The predicted octanol–water partition coefficient (Wildman–Crippen LogP) is 4.79. The molecular weight excluding hydrogens is 340 g/mol. The maximum absolute atomic E-state index is 6.14. The molecule has 0 saturated heterocycles. The molecule has 0 aliphatic carbocycles. The molecule has 3 nitrogen and oxygen atoms in total. The van der Waals surface area contributed by atoms with Crippen LogP contribution in [-0.2, 0) is 6.54 Å². The minimum atomic E-state index is 0.379. The van der Waals surface area contributed by atoms with E-state index in [0.29, 0.717) is 23.5 Å². The van der Waals surface area contributed by atoms with Gasteiger partial charge in [-0.25, -0.2) is 4.98 Å². The van der Waals surface area contributed by atoms with Crippen LogP contribution in [0.3, 0.4) is 0 Å². The summed E-state index contributed by atoms with van der Waals surface area (Å²) in [4.78, 5) is 4.43. The molecule has 2 aromatic rings. The highest BCUT2D eigenvalue weighted by molar-refractivity contribution is 9.10. The van der Waals surface area contributed by atoms with E-state index in [9.17, 15) is 0 Å². The molecule has 0 saturated carbocycles. The fraction of sp³-hybridized carbons (Fsp3) is 0.267. The Morgan fingerprint density at radius 1 is 1.20 bits per heavy atom. The van der Waals surface area contributed by atoms with Gasteiger partial charge in [0, 0.05) is 23.1 Å². The summed E-state index contributed by atoms with van der Waals surface area (Å²) in [7, 11) is 0. The number of hydrogen-bond donors (Lipinski definition) is 1. The fourth-order valence-electron chi connectivity index (χ4n) is 1.57. The molecule has 1 aromatic carbocycles. The smallest absolute Gasteiger partial charge is 0.219 e. The molecule has 1 aromatic heterocycles. The van der Waals surface area contributed by atoms with Crippen molar-refractivity contribution in [2.75, 3.05) is 0 Å². The van der Waals surface area contributed by atoms with Crippen molar-refractivity contribution in [3.8, 4) is 11.6 Å². The molecule has 5 heteroatoms. The Bertz CT molecular complexity index is 573. The molecule has 0 fully saturated rings. The van der Waals surface area contributed by atoms with Crippen molar-refractivity contribution < 1.29 is 4.74 Å². The number of ether oxygens (including phenoxy) is 1. The Labute approximate surface area is 132 Å². The molecule has 0 bridgehead atoms. The summed E-state index contributed by atoms with van der Waals surface area (Å²) in [6.07, 6.45) is 0. The molecule has 20 heavy (non-hydrogen) atoms. The van der Waals surface area contributed by atoms with Gasteiger partial charge in [0.1, 0.15) is 5.75 Å². The number of rotatable bonds is 5. The van der Waals surface area contributed by atoms with Gasteiger partial charge in [-0.1, -0.05) is 41.4 Å². The van der Waals surface area contributed by atoms with Crippen LogP contribution in [0, 0.1) is 0 Å². The van der Waals surface area contributed by atoms with E-state index in [4.69, 9.17) is 16.3 Å². The van der Waals surface area contributed by atoms with Gasteiger partial charge in [0.2, 0.25) is 5.88 Å². The number of nitrogens with zero attached hydrogens (tertiary/aromatic N) is 1. The van der Waals surface area contributed by atoms with Gasteiger partial charge < -0.3 is 10.1 Å². The first-order valence-electron chi connectivity index (χ1n) is 6.37. The minimum absolute atomic E-state index is 0.379. The van der Waals surface area contributed by atoms with Crippen molar-refractivity contribution in [1.82, 2.24) is 10.3 Å². The maximum Gasteiger partial charge on any atom is 0.219 e. The van der Waals surface area contributed by atoms with Gasteiger partial charge >= 0.3 is 0 Å². The third kappa shape index (κ3) is 4.47. The highest BCUT2D eigenvalue weighted by Gasteiger charge is 2.06. The Kier molecular flexibility index (Phi) is 5.40. The summed E-state index contributed by atoms with van der Waals surface area (Å²) >= 11 is 9.53. The van der Waals surface area contributed by atoms with E-state index in [2.05, 4.69) is 40.1 Å². The number of pyridine rings is 1. The quantitative estimate of drug-likeness (QED) is 0.837. The largest absolute Gasteiger partial charge is 0.439 e. The zero-order valence-electron chi connectivity index (χ0n) is 11.4. The third-order valence-electron chi connectivity index (χ3n) is 2.61. The summed E-state index contributed by atoms with van der Waals surface area (Å²) in [6, 6.07) is 11.6. The molecule has 0 spiro atoms. The SMILES string of the molecule is CC(C)NCc1nc(Oc2ccc(Br)cc2)ccc1Cl. The summed E-state index contributed by atoms with van der Waals surface area (Å²) in [5, 5.41) is 3.93. The molecular formula is C15H16BrClN2O. The summed E-state index contributed by atoms with van der Waals surface area (Å²) in [5.74, 6) is 1.28. The first-order valence-corrected chi connectivity index (χ1v) is 7.54. The summed E-state index contributed by atoms with van der Waals surface area (Å²) in [6.45, 7) is 4.78. The lowest BCUT2D eigenvalue weighted by atomic mass is 10.3. The van der Waals surface area contributed by atoms with Gasteiger partial charge in [-0.05, 0) is 30.3 Å². The first-order chi connectivity index (χ1) is 9.54. The number of hydrogen-bond acceptors (Lipinski definition) is 3. The second-order valence-electron chi connectivity index (χ2n) is 4.67. The summed E-state index contributed by atoms with van der Waals surface area (Å²) in [5.41, 5.74) is 0.787.